The third-order valence-electron chi connectivity index (χ3n) is 1.85. The van der Waals surface area contributed by atoms with Crippen LogP contribution in [0.4, 0.5) is 0 Å². The fraction of sp³-hybridized carbons (Fsp3) is 0.300. The molecule has 0 aliphatic heterocycles. The summed E-state index contributed by atoms with van der Waals surface area (Å²) in [5.41, 5.74) is 0. The molecule has 0 saturated carbocycles. The van der Waals surface area contributed by atoms with Gasteiger partial charge < -0.3 is 10.6 Å². The third kappa shape index (κ3) is 3.97. The maximum atomic E-state index is 11.6. The topological polar surface area (TPSA) is 41.1 Å². The summed E-state index contributed by atoms with van der Waals surface area (Å²) in [5, 5.41) is 5.55. The molecule has 80 valence electrons. The zero-order valence-corrected chi connectivity index (χ0v) is 9.80. The van der Waals surface area contributed by atoms with Crippen LogP contribution in [-0.2, 0) is 4.79 Å². The number of thioether (sulfide) groups is 1. The van der Waals surface area contributed by atoms with E-state index in [1.807, 2.05) is 38.2 Å². The van der Waals surface area contributed by atoms with Gasteiger partial charge in [0.05, 0.1) is 0 Å². The second kappa shape index (κ2) is 6.53. The van der Waals surface area contributed by atoms with Crippen molar-refractivity contribution < 1.29 is 4.79 Å². The predicted octanol–water partition coefficient (Wildman–Crippen LogP) is 0.0310. The Morgan fingerprint density at radius 2 is 2.13 bits per heavy atom. The van der Waals surface area contributed by atoms with Gasteiger partial charge in [0.15, 0.2) is 0 Å². The molecule has 1 aromatic carbocycles. The molecular formula is C10H15BN2OS. The molecule has 1 amide bonds. The Kier molecular flexibility index (Phi) is 5.28. The summed E-state index contributed by atoms with van der Waals surface area (Å²) in [7, 11) is 3.70. The molecule has 15 heavy (non-hydrogen) atoms. The lowest BCUT2D eigenvalue weighted by atomic mass is 10.2. The Hall–Kier alpha value is -0.935. The van der Waals surface area contributed by atoms with Gasteiger partial charge in [0.25, 0.3) is 0 Å². The Morgan fingerprint density at radius 1 is 1.47 bits per heavy atom. The number of carbonyl (C=O) groups is 1. The van der Waals surface area contributed by atoms with Crippen LogP contribution in [0.1, 0.15) is 0 Å². The number of nitrogens with one attached hydrogen (secondary N) is 2. The second-order valence-corrected chi connectivity index (χ2v) is 4.17. The predicted molar refractivity (Wildman–Crippen MR) is 66.7 cm³/mol. The molecule has 0 fully saturated rings. The zero-order valence-electron chi connectivity index (χ0n) is 8.99. The van der Waals surface area contributed by atoms with E-state index in [9.17, 15) is 4.79 Å². The smallest absolute Gasteiger partial charge is 0.247 e. The number of benzene rings is 1. The summed E-state index contributed by atoms with van der Waals surface area (Å²) in [6, 6.07) is 9.88. The Morgan fingerprint density at radius 3 is 2.67 bits per heavy atom. The molecule has 0 aromatic heterocycles. The van der Waals surface area contributed by atoms with Crippen molar-refractivity contribution in [1.29, 1.82) is 0 Å². The maximum absolute atomic E-state index is 11.6. The quantitative estimate of drug-likeness (QED) is 0.419. The zero-order chi connectivity index (χ0) is 11.1. The van der Waals surface area contributed by atoms with E-state index in [0.29, 0.717) is 6.44 Å². The lowest BCUT2D eigenvalue weighted by Crippen LogP contribution is -2.40. The largest absolute Gasteiger partial charge is 0.362 e. The summed E-state index contributed by atoms with van der Waals surface area (Å²) < 4.78 is 0. The van der Waals surface area contributed by atoms with Crippen molar-refractivity contribution >= 4 is 25.5 Å². The average molecular weight is 222 g/mol. The van der Waals surface area contributed by atoms with Crippen molar-refractivity contribution in [2.45, 2.75) is 10.3 Å². The van der Waals surface area contributed by atoms with Gasteiger partial charge in [-0.05, 0) is 25.6 Å². The van der Waals surface area contributed by atoms with Crippen LogP contribution in [-0.4, -0.2) is 32.6 Å². The minimum absolute atomic E-state index is 0.0221. The molecule has 5 heteroatoms. The van der Waals surface area contributed by atoms with E-state index in [0.717, 1.165) is 4.90 Å². The van der Waals surface area contributed by atoms with Gasteiger partial charge in [-0.15, -0.1) is 0 Å². The first kappa shape index (κ1) is 12.1. The molecule has 0 radical (unpaired) electrons. The molecule has 0 bridgehead atoms. The molecule has 1 aromatic rings. The van der Waals surface area contributed by atoms with Gasteiger partial charge >= 0.3 is 0 Å². The highest BCUT2D eigenvalue weighted by Gasteiger charge is 2.16. The molecule has 0 heterocycles. The summed E-state index contributed by atoms with van der Waals surface area (Å²) in [5.74, 6) is 0.0221. The van der Waals surface area contributed by atoms with Crippen LogP contribution in [0.3, 0.4) is 0 Å². The van der Waals surface area contributed by atoms with E-state index in [1.165, 1.54) is 11.8 Å². The SMILES string of the molecule is BCNC(=O)[C@@H](NC)Sc1ccccc1. The van der Waals surface area contributed by atoms with Gasteiger partial charge in [0.2, 0.25) is 5.91 Å². The minimum atomic E-state index is -0.229. The van der Waals surface area contributed by atoms with Crippen molar-refractivity contribution in [3.05, 3.63) is 30.3 Å². The Balaban J connectivity index is 2.58. The van der Waals surface area contributed by atoms with Gasteiger partial charge in [-0.3, -0.25) is 4.79 Å². The first-order chi connectivity index (χ1) is 7.27. The molecule has 0 spiro atoms. The van der Waals surface area contributed by atoms with Crippen LogP contribution in [0.15, 0.2) is 35.2 Å². The number of amides is 1. The number of carbonyl (C=O) groups excluding carboxylic acids is 1. The van der Waals surface area contributed by atoms with Crippen LogP contribution >= 0.6 is 11.8 Å². The van der Waals surface area contributed by atoms with Crippen LogP contribution < -0.4 is 10.6 Å². The molecular weight excluding hydrogens is 207 g/mol. The van der Waals surface area contributed by atoms with Crippen LogP contribution in [0.2, 0.25) is 0 Å². The standard InChI is InChI=1S/C10H15BN2OS/c1-12-10(9(14)13-7-11)15-8-5-3-2-4-6-8/h2-6,10,12H,7,11H2,1H3,(H,13,14)/t10-/m0/s1. The molecule has 0 aliphatic carbocycles. The molecule has 0 saturated heterocycles. The third-order valence-corrected chi connectivity index (χ3v) is 3.08. The van der Waals surface area contributed by atoms with Gasteiger partial charge in [0.1, 0.15) is 13.2 Å². The first-order valence-corrected chi connectivity index (χ1v) is 5.82. The maximum Gasteiger partial charge on any atom is 0.247 e. The molecule has 1 rings (SSSR count). The second-order valence-electron chi connectivity index (χ2n) is 2.99. The van der Waals surface area contributed by atoms with Gasteiger partial charge in [0, 0.05) is 4.90 Å². The summed E-state index contributed by atoms with van der Waals surface area (Å²) >= 11 is 1.51. The molecule has 2 N–H and O–H groups in total. The number of hydrogen-bond donors (Lipinski definition) is 2. The average Bonchev–Trinajstić information content (AvgIpc) is 2.27. The van der Waals surface area contributed by atoms with E-state index in [1.54, 1.807) is 7.05 Å². The van der Waals surface area contributed by atoms with Gasteiger partial charge in [-0.1, -0.05) is 30.0 Å². The number of rotatable bonds is 5. The van der Waals surface area contributed by atoms with E-state index >= 15 is 0 Å². The molecule has 3 nitrogen and oxygen atoms in total. The number of likely N-dealkylation sites (N-methyl/N-ethyl adjacent to an activating group) is 1. The summed E-state index contributed by atoms with van der Waals surface area (Å²) in [6.45, 7) is 0. The van der Waals surface area contributed by atoms with E-state index in [2.05, 4.69) is 10.6 Å². The van der Waals surface area contributed by atoms with Crippen molar-refractivity contribution in [2.24, 2.45) is 0 Å². The van der Waals surface area contributed by atoms with Crippen molar-refractivity contribution in [1.82, 2.24) is 10.6 Å². The summed E-state index contributed by atoms with van der Waals surface area (Å²) in [6.07, 6.45) is 0.659. The Bertz CT molecular complexity index is 308. The normalized spacial score (nSPS) is 12.1. The fourth-order valence-corrected chi connectivity index (χ4v) is 2.04. The van der Waals surface area contributed by atoms with Crippen LogP contribution in [0, 0.1) is 0 Å². The van der Waals surface area contributed by atoms with Gasteiger partial charge in [-0.2, -0.15) is 0 Å². The molecule has 1 atom stereocenters. The first-order valence-electron chi connectivity index (χ1n) is 4.94. The number of hydrogen-bond acceptors (Lipinski definition) is 3. The van der Waals surface area contributed by atoms with E-state index in [-0.39, 0.29) is 11.3 Å². The van der Waals surface area contributed by atoms with E-state index in [4.69, 9.17) is 0 Å². The monoisotopic (exact) mass is 222 g/mol. The van der Waals surface area contributed by atoms with Crippen molar-refractivity contribution in [3.63, 3.8) is 0 Å². The van der Waals surface area contributed by atoms with Crippen molar-refractivity contribution in [2.75, 3.05) is 13.5 Å². The van der Waals surface area contributed by atoms with Crippen LogP contribution in [0.5, 0.6) is 0 Å². The molecule has 0 aliphatic rings. The van der Waals surface area contributed by atoms with Gasteiger partial charge in [-0.25, -0.2) is 0 Å². The lowest BCUT2D eigenvalue weighted by Gasteiger charge is -2.14. The highest BCUT2D eigenvalue weighted by atomic mass is 32.2. The van der Waals surface area contributed by atoms with E-state index < -0.39 is 0 Å². The summed E-state index contributed by atoms with van der Waals surface area (Å²) in [4.78, 5) is 12.7. The van der Waals surface area contributed by atoms with Crippen molar-refractivity contribution in [3.8, 4) is 0 Å². The minimum Gasteiger partial charge on any atom is -0.362 e. The molecule has 0 unspecified atom stereocenters. The highest BCUT2D eigenvalue weighted by Crippen LogP contribution is 2.20. The fourth-order valence-electron chi connectivity index (χ4n) is 1.15. The Labute approximate surface area is 95.4 Å². The van der Waals surface area contributed by atoms with Crippen LogP contribution in [0.25, 0.3) is 0 Å². The highest BCUT2D eigenvalue weighted by molar-refractivity contribution is 8.00. The lowest BCUT2D eigenvalue weighted by molar-refractivity contribution is -0.120.